The van der Waals surface area contributed by atoms with Gasteiger partial charge in [0.15, 0.2) is 0 Å². The monoisotopic (exact) mass is 375 g/mol. The van der Waals surface area contributed by atoms with Crippen molar-refractivity contribution in [3.8, 4) is 0 Å². The highest BCUT2D eigenvalue weighted by molar-refractivity contribution is 6.02. The Morgan fingerprint density at radius 3 is 2.43 bits per heavy atom. The second-order valence-corrected chi connectivity index (χ2v) is 7.80. The highest BCUT2D eigenvalue weighted by atomic mass is 16.2. The lowest BCUT2D eigenvalue weighted by Gasteiger charge is -2.39. The number of likely N-dealkylation sites (N-methyl/N-ethyl adjacent to an activating group) is 1. The van der Waals surface area contributed by atoms with Crippen molar-refractivity contribution >= 4 is 22.7 Å². The van der Waals surface area contributed by atoms with Crippen molar-refractivity contribution in [1.29, 1.82) is 0 Å². The SMILES string of the molecule is CC(C)NC(=O)C1c2ccccc2C(=O)N(C)C1c1cn(C)c2ccccc12. The van der Waals surface area contributed by atoms with Gasteiger partial charge in [-0.3, -0.25) is 9.59 Å². The van der Waals surface area contributed by atoms with Gasteiger partial charge in [-0.15, -0.1) is 0 Å². The van der Waals surface area contributed by atoms with E-state index in [1.54, 1.807) is 11.9 Å². The normalized spacial score (nSPS) is 19.2. The van der Waals surface area contributed by atoms with Gasteiger partial charge in [-0.05, 0) is 31.5 Å². The largest absolute Gasteiger partial charge is 0.353 e. The lowest BCUT2D eigenvalue weighted by molar-refractivity contribution is -0.124. The molecule has 0 radical (unpaired) electrons. The quantitative estimate of drug-likeness (QED) is 0.760. The summed E-state index contributed by atoms with van der Waals surface area (Å²) in [7, 11) is 3.79. The third kappa shape index (κ3) is 2.78. The van der Waals surface area contributed by atoms with Gasteiger partial charge in [-0.1, -0.05) is 36.4 Å². The predicted octanol–water partition coefficient (Wildman–Crippen LogP) is 3.61. The van der Waals surface area contributed by atoms with Gasteiger partial charge in [0.05, 0.1) is 12.0 Å². The number of nitrogens with one attached hydrogen (secondary N) is 1. The Hall–Kier alpha value is -3.08. The van der Waals surface area contributed by atoms with Crippen LogP contribution in [0.3, 0.4) is 0 Å². The third-order valence-corrected chi connectivity index (χ3v) is 5.54. The number of nitrogens with zero attached hydrogens (tertiary/aromatic N) is 2. The van der Waals surface area contributed by atoms with Gasteiger partial charge in [-0.25, -0.2) is 0 Å². The lowest BCUT2D eigenvalue weighted by Crippen LogP contribution is -2.46. The second kappa shape index (κ2) is 6.82. The Morgan fingerprint density at radius 2 is 1.68 bits per heavy atom. The number of hydrogen-bond acceptors (Lipinski definition) is 2. The first kappa shape index (κ1) is 18.3. The van der Waals surface area contributed by atoms with E-state index in [1.165, 1.54) is 0 Å². The van der Waals surface area contributed by atoms with E-state index in [-0.39, 0.29) is 23.9 Å². The molecule has 1 aliphatic rings. The van der Waals surface area contributed by atoms with Crippen LogP contribution >= 0.6 is 0 Å². The van der Waals surface area contributed by atoms with E-state index in [1.807, 2.05) is 63.5 Å². The van der Waals surface area contributed by atoms with Crippen LogP contribution in [0.1, 0.15) is 47.3 Å². The number of benzene rings is 2. The zero-order valence-electron chi connectivity index (χ0n) is 16.6. The minimum absolute atomic E-state index is 0.0239. The maximum atomic E-state index is 13.3. The van der Waals surface area contributed by atoms with Crippen molar-refractivity contribution in [2.75, 3.05) is 7.05 Å². The van der Waals surface area contributed by atoms with Crippen LogP contribution in [-0.2, 0) is 11.8 Å². The van der Waals surface area contributed by atoms with Crippen LogP contribution in [0.25, 0.3) is 10.9 Å². The van der Waals surface area contributed by atoms with Crippen LogP contribution < -0.4 is 5.32 Å². The Labute approximate surface area is 165 Å². The minimum atomic E-state index is -0.466. The van der Waals surface area contributed by atoms with Crippen molar-refractivity contribution in [3.05, 3.63) is 71.4 Å². The zero-order chi connectivity index (χ0) is 20.0. The van der Waals surface area contributed by atoms with Crippen LogP contribution in [0.2, 0.25) is 0 Å². The van der Waals surface area contributed by atoms with E-state index in [0.29, 0.717) is 5.56 Å². The number of fused-ring (bicyclic) bond motifs is 2. The molecule has 1 aliphatic heterocycles. The summed E-state index contributed by atoms with van der Waals surface area (Å²) in [5.74, 6) is -0.575. The number of hydrogen-bond donors (Lipinski definition) is 1. The topological polar surface area (TPSA) is 54.3 Å². The predicted molar refractivity (Wildman–Crippen MR) is 110 cm³/mol. The molecule has 0 saturated carbocycles. The molecule has 2 unspecified atom stereocenters. The Bertz CT molecular complexity index is 1070. The van der Waals surface area contributed by atoms with Crippen LogP contribution in [0.5, 0.6) is 0 Å². The summed E-state index contributed by atoms with van der Waals surface area (Å²) in [6.45, 7) is 3.91. The highest BCUT2D eigenvalue weighted by Crippen LogP contribution is 2.44. The molecular formula is C23H25N3O2. The van der Waals surface area contributed by atoms with E-state index in [9.17, 15) is 9.59 Å². The Kier molecular flexibility index (Phi) is 4.46. The molecule has 0 bridgehead atoms. The van der Waals surface area contributed by atoms with Crippen LogP contribution in [0.15, 0.2) is 54.7 Å². The third-order valence-electron chi connectivity index (χ3n) is 5.54. The standard InChI is InChI=1S/C23H25N3O2/c1-14(2)24-22(27)20-16-10-5-6-11-17(16)23(28)26(4)21(20)18-13-25(3)19-12-8-7-9-15(18)19/h5-14,20-21H,1-4H3,(H,24,27). The number of carbonyl (C=O) groups is 2. The molecule has 1 N–H and O–H groups in total. The lowest BCUT2D eigenvalue weighted by atomic mass is 9.79. The molecule has 0 saturated heterocycles. The van der Waals surface area contributed by atoms with Crippen LogP contribution in [0.4, 0.5) is 0 Å². The van der Waals surface area contributed by atoms with Gasteiger partial charge in [0, 0.05) is 48.4 Å². The Morgan fingerprint density at radius 1 is 1.00 bits per heavy atom. The first-order valence-electron chi connectivity index (χ1n) is 9.60. The molecule has 0 spiro atoms. The maximum Gasteiger partial charge on any atom is 0.254 e. The van der Waals surface area contributed by atoms with Crippen LogP contribution in [-0.4, -0.2) is 34.4 Å². The van der Waals surface area contributed by atoms with Gasteiger partial charge < -0.3 is 14.8 Å². The first-order valence-corrected chi connectivity index (χ1v) is 9.60. The molecular weight excluding hydrogens is 350 g/mol. The number of rotatable bonds is 3. The molecule has 4 rings (SSSR count). The number of amides is 2. The van der Waals surface area contributed by atoms with E-state index in [0.717, 1.165) is 22.0 Å². The van der Waals surface area contributed by atoms with Crippen molar-refractivity contribution in [2.24, 2.45) is 7.05 Å². The van der Waals surface area contributed by atoms with E-state index in [2.05, 4.69) is 22.0 Å². The molecule has 5 nitrogen and oxygen atoms in total. The number of para-hydroxylation sites is 1. The van der Waals surface area contributed by atoms with Crippen molar-refractivity contribution in [1.82, 2.24) is 14.8 Å². The molecule has 2 aromatic carbocycles. The average Bonchev–Trinajstić information content (AvgIpc) is 3.00. The zero-order valence-corrected chi connectivity index (χ0v) is 16.6. The van der Waals surface area contributed by atoms with E-state index >= 15 is 0 Å². The minimum Gasteiger partial charge on any atom is -0.353 e. The van der Waals surface area contributed by atoms with Gasteiger partial charge in [0.1, 0.15) is 0 Å². The summed E-state index contributed by atoms with van der Waals surface area (Å²) in [5, 5.41) is 4.13. The van der Waals surface area contributed by atoms with Gasteiger partial charge in [-0.2, -0.15) is 0 Å². The molecule has 3 aromatic rings. The first-order chi connectivity index (χ1) is 13.4. The van der Waals surface area contributed by atoms with Crippen LogP contribution in [0, 0.1) is 0 Å². The highest BCUT2D eigenvalue weighted by Gasteiger charge is 2.43. The van der Waals surface area contributed by atoms with Gasteiger partial charge >= 0.3 is 0 Å². The molecule has 5 heteroatoms. The van der Waals surface area contributed by atoms with E-state index in [4.69, 9.17) is 0 Å². The molecule has 1 aromatic heterocycles. The fourth-order valence-corrected chi connectivity index (χ4v) is 4.33. The fraction of sp³-hybridized carbons (Fsp3) is 0.304. The molecule has 2 atom stereocenters. The number of aryl methyl sites for hydroxylation is 1. The average molecular weight is 375 g/mol. The maximum absolute atomic E-state index is 13.3. The van der Waals surface area contributed by atoms with Crippen molar-refractivity contribution in [3.63, 3.8) is 0 Å². The van der Waals surface area contributed by atoms with Gasteiger partial charge in [0.25, 0.3) is 5.91 Å². The molecule has 28 heavy (non-hydrogen) atoms. The fourth-order valence-electron chi connectivity index (χ4n) is 4.33. The molecule has 0 fully saturated rings. The summed E-state index contributed by atoms with van der Waals surface area (Å²) < 4.78 is 2.06. The summed E-state index contributed by atoms with van der Waals surface area (Å²) in [6.07, 6.45) is 2.04. The van der Waals surface area contributed by atoms with Crippen molar-refractivity contribution < 1.29 is 9.59 Å². The molecule has 144 valence electrons. The second-order valence-electron chi connectivity index (χ2n) is 7.80. The molecule has 2 amide bonds. The van der Waals surface area contributed by atoms with Gasteiger partial charge in [0.2, 0.25) is 5.91 Å². The summed E-state index contributed by atoms with van der Waals surface area (Å²) in [6, 6.07) is 15.2. The summed E-state index contributed by atoms with van der Waals surface area (Å²) in [5.41, 5.74) is 3.47. The van der Waals surface area contributed by atoms with E-state index < -0.39 is 5.92 Å². The number of carbonyl (C=O) groups excluding carboxylic acids is 2. The molecule has 2 heterocycles. The summed E-state index contributed by atoms with van der Waals surface area (Å²) in [4.78, 5) is 28.1. The number of aromatic nitrogens is 1. The summed E-state index contributed by atoms with van der Waals surface area (Å²) >= 11 is 0. The Balaban J connectivity index is 1.95. The smallest absolute Gasteiger partial charge is 0.254 e. The van der Waals surface area contributed by atoms with Crippen molar-refractivity contribution in [2.45, 2.75) is 31.8 Å². The molecule has 0 aliphatic carbocycles.